The normalized spacial score (nSPS) is 10.7. The molecule has 1 aromatic rings. The Bertz CT molecular complexity index is 346. The second kappa shape index (κ2) is 5.75. The minimum absolute atomic E-state index is 0. The molecule has 1 aromatic carbocycles. The number of hydrogen-bond donors (Lipinski definition) is 2. The van der Waals surface area contributed by atoms with Crippen LogP contribution in [0.25, 0.3) is 0 Å². The van der Waals surface area contributed by atoms with Gasteiger partial charge in [0.1, 0.15) is 0 Å². The summed E-state index contributed by atoms with van der Waals surface area (Å²) < 4.78 is 36.5. The Morgan fingerprint density at radius 3 is 2.06 bits per heavy atom. The second-order valence-electron chi connectivity index (χ2n) is 3.22. The highest BCUT2D eigenvalue weighted by molar-refractivity contribution is 5.85. The lowest BCUT2D eigenvalue weighted by molar-refractivity contribution is -0.137. The summed E-state index contributed by atoms with van der Waals surface area (Å²) in [6, 6.07) is 4.89. The average Bonchev–Trinajstić information content (AvgIpc) is 2.14. The van der Waals surface area contributed by atoms with E-state index in [1.807, 2.05) is 0 Å². The first-order valence-electron chi connectivity index (χ1n) is 4.38. The van der Waals surface area contributed by atoms with Crippen molar-refractivity contribution in [1.82, 2.24) is 0 Å². The van der Waals surface area contributed by atoms with Crippen LogP contribution >= 0.6 is 12.4 Å². The Morgan fingerprint density at radius 2 is 1.69 bits per heavy atom. The van der Waals surface area contributed by atoms with Gasteiger partial charge in [0, 0.05) is 6.42 Å². The number of alkyl halides is 3. The highest BCUT2D eigenvalue weighted by Gasteiger charge is 2.29. The van der Waals surface area contributed by atoms with Crippen LogP contribution in [0.3, 0.4) is 0 Å². The lowest BCUT2D eigenvalue weighted by Crippen LogP contribution is -2.10. The molecule has 0 saturated heterocycles. The van der Waals surface area contributed by atoms with E-state index in [-0.39, 0.29) is 18.2 Å². The summed E-state index contributed by atoms with van der Waals surface area (Å²) in [5.74, 6) is 0.0369. The predicted molar refractivity (Wildman–Crippen MR) is 58.9 cm³/mol. The number of nitrogens with one attached hydrogen (secondary N) is 1. The quantitative estimate of drug-likeness (QED) is 0.631. The van der Waals surface area contributed by atoms with E-state index >= 15 is 0 Å². The highest BCUT2D eigenvalue weighted by Crippen LogP contribution is 2.29. The molecule has 0 saturated carbocycles. The van der Waals surface area contributed by atoms with E-state index in [2.05, 4.69) is 0 Å². The molecule has 6 heteroatoms. The van der Waals surface area contributed by atoms with Crippen LogP contribution in [0.4, 0.5) is 13.2 Å². The number of aryl methyl sites for hydroxylation is 1. The van der Waals surface area contributed by atoms with E-state index in [4.69, 9.17) is 11.1 Å². The monoisotopic (exact) mass is 252 g/mol. The standard InChI is InChI=1S/C10H11F3N2.ClH/c11-10(12,13)8-4-1-7(2-5-8)3-6-9(14)15;/h1-2,4-5H,3,6H2,(H3,14,15);1H. The number of rotatable bonds is 3. The molecule has 0 aromatic heterocycles. The number of halogens is 4. The first kappa shape index (κ1) is 14.8. The van der Waals surface area contributed by atoms with Crippen molar-refractivity contribution >= 4 is 18.2 Å². The maximum absolute atomic E-state index is 12.2. The Hall–Kier alpha value is -1.23. The van der Waals surface area contributed by atoms with E-state index < -0.39 is 11.7 Å². The van der Waals surface area contributed by atoms with Crippen molar-refractivity contribution < 1.29 is 13.2 Å². The summed E-state index contributed by atoms with van der Waals surface area (Å²) in [5, 5.41) is 6.98. The molecule has 0 bridgehead atoms. The van der Waals surface area contributed by atoms with Crippen molar-refractivity contribution in [2.75, 3.05) is 0 Å². The van der Waals surface area contributed by atoms with Crippen LogP contribution in [-0.2, 0) is 12.6 Å². The van der Waals surface area contributed by atoms with Crippen LogP contribution < -0.4 is 5.73 Å². The maximum Gasteiger partial charge on any atom is 0.416 e. The van der Waals surface area contributed by atoms with Crippen LogP contribution in [0.2, 0.25) is 0 Å². The molecule has 0 aliphatic carbocycles. The Labute approximate surface area is 97.6 Å². The molecular weight excluding hydrogens is 241 g/mol. The van der Waals surface area contributed by atoms with Gasteiger partial charge in [0.25, 0.3) is 0 Å². The van der Waals surface area contributed by atoms with Crippen LogP contribution in [0, 0.1) is 5.41 Å². The topological polar surface area (TPSA) is 49.9 Å². The van der Waals surface area contributed by atoms with Crippen LogP contribution in [0.1, 0.15) is 17.5 Å². The molecule has 0 aliphatic rings. The summed E-state index contributed by atoms with van der Waals surface area (Å²) in [6.45, 7) is 0. The third kappa shape index (κ3) is 4.53. The smallest absolute Gasteiger partial charge is 0.388 e. The van der Waals surface area contributed by atoms with Gasteiger partial charge in [0.05, 0.1) is 11.4 Å². The van der Waals surface area contributed by atoms with Crippen molar-refractivity contribution in [3.8, 4) is 0 Å². The van der Waals surface area contributed by atoms with Crippen molar-refractivity contribution in [2.24, 2.45) is 5.73 Å². The Kier molecular flexibility index (Phi) is 5.30. The molecule has 0 spiro atoms. The van der Waals surface area contributed by atoms with E-state index in [9.17, 15) is 13.2 Å². The molecule has 0 unspecified atom stereocenters. The van der Waals surface area contributed by atoms with Gasteiger partial charge in [0.15, 0.2) is 0 Å². The van der Waals surface area contributed by atoms with Gasteiger partial charge in [0.2, 0.25) is 0 Å². The third-order valence-corrected chi connectivity index (χ3v) is 1.96. The largest absolute Gasteiger partial charge is 0.416 e. The summed E-state index contributed by atoms with van der Waals surface area (Å²) >= 11 is 0. The first-order valence-corrected chi connectivity index (χ1v) is 4.38. The fourth-order valence-electron chi connectivity index (χ4n) is 1.14. The van der Waals surface area contributed by atoms with Gasteiger partial charge in [-0.2, -0.15) is 13.2 Å². The number of nitrogens with two attached hydrogens (primary N) is 1. The van der Waals surface area contributed by atoms with Gasteiger partial charge >= 0.3 is 6.18 Å². The van der Waals surface area contributed by atoms with E-state index in [1.54, 1.807) is 0 Å². The van der Waals surface area contributed by atoms with Crippen LogP contribution in [-0.4, -0.2) is 5.84 Å². The molecule has 1 rings (SSSR count). The van der Waals surface area contributed by atoms with Crippen LogP contribution in [0.5, 0.6) is 0 Å². The number of amidine groups is 1. The molecule has 0 aliphatic heterocycles. The summed E-state index contributed by atoms with van der Waals surface area (Å²) in [5.41, 5.74) is 5.23. The first-order chi connectivity index (χ1) is 6.89. The third-order valence-electron chi connectivity index (χ3n) is 1.96. The Balaban J connectivity index is 0.00000225. The zero-order valence-electron chi connectivity index (χ0n) is 8.34. The molecular formula is C10H12ClF3N2. The lowest BCUT2D eigenvalue weighted by atomic mass is 10.1. The van der Waals surface area contributed by atoms with E-state index in [0.29, 0.717) is 12.8 Å². The van der Waals surface area contributed by atoms with Gasteiger partial charge < -0.3 is 5.73 Å². The van der Waals surface area contributed by atoms with Gasteiger partial charge in [-0.15, -0.1) is 12.4 Å². The van der Waals surface area contributed by atoms with Crippen molar-refractivity contribution in [3.05, 3.63) is 35.4 Å². The zero-order chi connectivity index (χ0) is 11.5. The fourth-order valence-corrected chi connectivity index (χ4v) is 1.14. The van der Waals surface area contributed by atoms with Gasteiger partial charge in [-0.1, -0.05) is 12.1 Å². The predicted octanol–water partition coefficient (Wildman–Crippen LogP) is 3.00. The summed E-state index contributed by atoms with van der Waals surface area (Å²) in [7, 11) is 0. The molecule has 16 heavy (non-hydrogen) atoms. The molecule has 3 N–H and O–H groups in total. The van der Waals surface area contributed by atoms with Crippen LogP contribution in [0.15, 0.2) is 24.3 Å². The lowest BCUT2D eigenvalue weighted by Gasteiger charge is -2.07. The molecule has 0 amide bonds. The maximum atomic E-state index is 12.2. The van der Waals surface area contributed by atoms with Gasteiger partial charge in [-0.3, -0.25) is 5.41 Å². The van der Waals surface area contributed by atoms with E-state index in [0.717, 1.165) is 17.7 Å². The zero-order valence-corrected chi connectivity index (χ0v) is 9.16. The molecule has 90 valence electrons. The second-order valence-corrected chi connectivity index (χ2v) is 3.22. The minimum Gasteiger partial charge on any atom is -0.388 e. The SMILES string of the molecule is Cl.N=C(N)CCc1ccc(C(F)(F)F)cc1. The van der Waals surface area contributed by atoms with Gasteiger partial charge in [-0.05, 0) is 24.1 Å². The molecule has 0 atom stereocenters. The van der Waals surface area contributed by atoms with Crippen molar-refractivity contribution in [2.45, 2.75) is 19.0 Å². The number of hydrogen-bond acceptors (Lipinski definition) is 1. The molecule has 0 fully saturated rings. The summed E-state index contributed by atoms with van der Waals surface area (Å²) in [4.78, 5) is 0. The highest BCUT2D eigenvalue weighted by atomic mass is 35.5. The van der Waals surface area contributed by atoms with Gasteiger partial charge in [-0.25, -0.2) is 0 Å². The molecule has 2 nitrogen and oxygen atoms in total. The minimum atomic E-state index is -4.29. The fraction of sp³-hybridized carbons (Fsp3) is 0.300. The number of benzene rings is 1. The average molecular weight is 253 g/mol. The molecule has 0 radical (unpaired) electrons. The van der Waals surface area contributed by atoms with Crippen molar-refractivity contribution in [1.29, 1.82) is 5.41 Å². The van der Waals surface area contributed by atoms with E-state index in [1.165, 1.54) is 12.1 Å². The molecule has 0 heterocycles. The Morgan fingerprint density at radius 1 is 1.19 bits per heavy atom. The van der Waals surface area contributed by atoms with Crippen molar-refractivity contribution in [3.63, 3.8) is 0 Å². The summed E-state index contributed by atoms with van der Waals surface area (Å²) in [6.07, 6.45) is -3.43.